The van der Waals surface area contributed by atoms with Crippen molar-refractivity contribution >= 4 is 0 Å². The summed E-state index contributed by atoms with van der Waals surface area (Å²) in [4.78, 5) is 0. The second-order valence-corrected chi connectivity index (χ2v) is 8.27. The zero-order valence-corrected chi connectivity index (χ0v) is 13.6. The molecule has 1 nitrogen and oxygen atoms in total. The van der Waals surface area contributed by atoms with Crippen LogP contribution in [0.1, 0.15) is 65.2 Å². The summed E-state index contributed by atoms with van der Waals surface area (Å²) < 4.78 is 0. The van der Waals surface area contributed by atoms with Crippen molar-refractivity contribution in [2.45, 2.75) is 71.3 Å². The maximum atomic E-state index is 9.92. The summed E-state index contributed by atoms with van der Waals surface area (Å²) in [5, 5.41) is 9.92. The monoisotopic (exact) mass is 286 g/mol. The molecule has 1 heteroatoms. The molecule has 3 unspecified atom stereocenters. The lowest BCUT2D eigenvalue weighted by atomic mass is 9.52. The minimum Gasteiger partial charge on any atom is -0.389 e. The van der Waals surface area contributed by atoms with Gasteiger partial charge in [-0.25, -0.2) is 0 Å². The molecule has 1 N–H and O–H groups in total. The molecule has 0 aromatic rings. The van der Waals surface area contributed by atoms with Crippen LogP contribution in [0.3, 0.4) is 0 Å². The minimum absolute atomic E-state index is 0.150. The highest BCUT2D eigenvalue weighted by atomic mass is 16.3. The normalized spacial score (nSPS) is 51.1. The van der Waals surface area contributed by atoms with E-state index in [-0.39, 0.29) is 6.10 Å². The van der Waals surface area contributed by atoms with E-state index in [4.69, 9.17) is 0 Å². The summed E-state index contributed by atoms with van der Waals surface area (Å²) in [5.41, 5.74) is 3.89. The molecular weight excluding hydrogens is 256 g/mol. The predicted molar refractivity (Wildman–Crippen MR) is 86.8 cm³/mol. The fraction of sp³-hybridized carbons (Fsp3) is 0.800. The SMILES string of the molecule is C/C=C1/CCC2C3CCC4=C[C@@H](O)CC[C@@H]4C3CC[C@]12C. The summed E-state index contributed by atoms with van der Waals surface area (Å²) in [6, 6.07) is 0. The number of hydrogen-bond donors (Lipinski definition) is 1. The lowest BCUT2D eigenvalue weighted by Gasteiger charge is -2.53. The molecule has 0 aromatic heterocycles. The number of aliphatic hydroxyl groups is 1. The molecule has 0 amide bonds. The van der Waals surface area contributed by atoms with Gasteiger partial charge < -0.3 is 5.11 Å². The summed E-state index contributed by atoms with van der Waals surface area (Å²) in [6.07, 6.45) is 15.0. The van der Waals surface area contributed by atoms with Crippen LogP contribution >= 0.6 is 0 Å². The quantitative estimate of drug-likeness (QED) is 0.630. The van der Waals surface area contributed by atoms with Gasteiger partial charge >= 0.3 is 0 Å². The highest BCUT2D eigenvalue weighted by Crippen LogP contribution is 2.63. The molecule has 3 fully saturated rings. The van der Waals surface area contributed by atoms with E-state index in [0.717, 1.165) is 30.1 Å². The Morgan fingerprint density at radius 2 is 1.95 bits per heavy atom. The minimum atomic E-state index is -0.150. The standard InChI is InChI=1S/C20H30O/c1-3-14-5-9-19-18-7-4-13-12-15(21)6-8-16(13)17(18)10-11-20(14,19)2/h3,12,15-19,21H,4-11H2,1-2H3/b14-3-/t15-,16-,17?,18?,19?,20+/m0/s1. The highest BCUT2D eigenvalue weighted by molar-refractivity contribution is 5.26. The van der Waals surface area contributed by atoms with Gasteiger partial charge in [0.1, 0.15) is 0 Å². The number of allylic oxidation sites excluding steroid dienone is 3. The fourth-order valence-corrected chi connectivity index (χ4v) is 6.63. The topological polar surface area (TPSA) is 20.2 Å². The Labute approximate surface area is 129 Å². The van der Waals surface area contributed by atoms with E-state index in [1.165, 1.54) is 44.9 Å². The van der Waals surface area contributed by atoms with Crippen LogP contribution in [0, 0.1) is 29.1 Å². The van der Waals surface area contributed by atoms with Crippen LogP contribution in [0.15, 0.2) is 23.3 Å². The lowest BCUT2D eigenvalue weighted by molar-refractivity contribution is 0.00827. The van der Waals surface area contributed by atoms with Gasteiger partial charge in [0.15, 0.2) is 0 Å². The molecule has 0 spiro atoms. The Morgan fingerprint density at radius 1 is 1.10 bits per heavy atom. The van der Waals surface area contributed by atoms with Crippen LogP contribution in [0.4, 0.5) is 0 Å². The van der Waals surface area contributed by atoms with Crippen molar-refractivity contribution in [3.8, 4) is 0 Å². The van der Waals surface area contributed by atoms with Gasteiger partial charge in [-0.05, 0) is 87.4 Å². The Bertz CT molecular complexity index is 488. The van der Waals surface area contributed by atoms with E-state index in [9.17, 15) is 5.11 Å². The molecule has 0 saturated heterocycles. The van der Waals surface area contributed by atoms with Crippen molar-refractivity contribution in [2.75, 3.05) is 0 Å². The molecule has 3 saturated carbocycles. The molecule has 0 heterocycles. The van der Waals surface area contributed by atoms with E-state index < -0.39 is 0 Å². The van der Waals surface area contributed by atoms with Gasteiger partial charge in [0, 0.05) is 0 Å². The van der Waals surface area contributed by atoms with Gasteiger partial charge in [-0.3, -0.25) is 0 Å². The molecule has 116 valence electrons. The van der Waals surface area contributed by atoms with Gasteiger partial charge in [-0.1, -0.05) is 30.2 Å². The molecular formula is C20H30O. The third-order valence-corrected chi connectivity index (χ3v) is 7.63. The third kappa shape index (κ3) is 2.00. The van der Waals surface area contributed by atoms with Crippen molar-refractivity contribution in [3.63, 3.8) is 0 Å². The molecule has 0 radical (unpaired) electrons. The second kappa shape index (κ2) is 4.98. The molecule has 4 aliphatic rings. The first-order valence-electron chi connectivity index (χ1n) is 9.18. The summed E-state index contributed by atoms with van der Waals surface area (Å²) in [7, 11) is 0. The van der Waals surface area contributed by atoms with Crippen LogP contribution in [0.2, 0.25) is 0 Å². The Balaban J connectivity index is 1.63. The molecule has 6 atom stereocenters. The van der Waals surface area contributed by atoms with Crippen molar-refractivity contribution in [2.24, 2.45) is 29.1 Å². The van der Waals surface area contributed by atoms with Gasteiger partial charge in [-0.15, -0.1) is 0 Å². The van der Waals surface area contributed by atoms with E-state index in [2.05, 4.69) is 26.0 Å². The molecule has 0 aliphatic heterocycles. The van der Waals surface area contributed by atoms with Crippen molar-refractivity contribution in [1.29, 1.82) is 0 Å². The van der Waals surface area contributed by atoms with E-state index in [1.54, 1.807) is 11.1 Å². The summed E-state index contributed by atoms with van der Waals surface area (Å²) in [6.45, 7) is 4.81. The maximum absolute atomic E-state index is 9.92. The van der Waals surface area contributed by atoms with Gasteiger partial charge in [0.2, 0.25) is 0 Å². The Kier molecular flexibility index (Phi) is 3.33. The Hall–Kier alpha value is -0.560. The Morgan fingerprint density at radius 3 is 2.76 bits per heavy atom. The average molecular weight is 286 g/mol. The van der Waals surface area contributed by atoms with Crippen LogP contribution in [0.25, 0.3) is 0 Å². The molecule has 4 rings (SSSR count). The van der Waals surface area contributed by atoms with E-state index >= 15 is 0 Å². The number of fused-ring (bicyclic) bond motifs is 5. The number of aliphatic hydroxyl groups excluding tert-OH is 1. The third-order valence-electron chi connectivity index (χ3n) is 7.63. The summed E-state index contributed by atoms with van der Waals surface area (Å²) in [5.74, 6) is 3.63. The number of rotatable bonds is 0. The first-order valence-corrected chi connectivity index (χ1v) is 9.18. The van der Waals surface area contributed by atoms with Crippen LogP contribution < -0.4 is 0 Å². The molecule has 4 aliphatic carbocycles. The van der Waals surface area contributed by atoms with Crippen LogP contribution in [-0.4, -0.2) is 11.2 Å². The predicted octanol–water partition coefficient (Wildman–Crippen LogP) is 4.87. The van der Waals surface area contributed by atoms with E-state index in [1.807, 2.05) is 0 Å². The van der Waals surface area contributed by atoms with Gasteiger partial charge in [0.05, 0.1) is 6.10 Å². The largest absolute Gasteiger partial charge is 0.389 e. The second-order valence-electron chi connectivity index (χ2n) is 8.27. The molecule has 0 bridgehead atoms. The van der Waals surface area contributed by atoms with E-state index in [0.29, 0.717) is 5.41 Å². The van der Waals surface area contributed by atoms with Crippen molar-refractivity contribution in [3.05, 3.63) is 23.3 Å². The zero-order chi connectivity index (χ0) is 14.6. The van der Waals surface area contributed by atoms with Crippen LogP contribution in [-0.2, 0) is 0 Å². The first kappa shape index (κ1) is 14.1. The molecule has 21 heavy (non-hydrogen) atoms. The first-order chi connectivity index (χ1) is 10.1. The zero-order valence-electron chi connectivity index (χ0n) is 13.6. The van der Waals surface area contributed by atoms with Gasteiger partial charge in [-0.2, -0.15) is 0 Å². The number of hydrogen-bond acceptors (Lipinski definition) is 1. The smallest absolute Gasteiger partial charge is 0.0723 e. The van der Waals surface area contributed by atoms with Gasteiger partial charge in [0.25, 0.3) is 0 Å². The van der Waals surface area contributed by atoms with Crippen molar-refractivity contribution < 1.29 is 5.11 Å². The summed E-state index contributed by atoms with van der Waals surface area (Å²) >= 11 is 0. The average Bonchev–Trinajstić information content (AvgIpc) is 2.83. The highest BCUT2D eigenvalue weighted by Gasteiger charge is 2.53. The lowest BCUT2D eigenvalue weighted by Crippen LogP contribution is -2.45. The maximum Gasteiger partial charge on any atom is 0.0723 e. The van der Waals surface area contributed by atoms with Crippen molar-refractivity contribution in [1.82, 2.24) is 0 Å². The van der Waals surface area contributed by atoms with Crippen LogP contribution in [0.5, 0.6) is 0 Å². The molecule has 0 aromatic carbocycles. The fourth-order valence-electron chi connectivity index (χ4n) is 6.63.